The third kappa shape index (κ3) is 4.74. The molecule has 152 valence electrons. The first-order valence-corrected chi connectivity index (χ1v) is 10.1. The highest BCUT2D eigenvalue weighted by atomic mass is 19.1. The number of anilines is 2. The fourth-order valence-corrected chi connectivity index (χ4v) is 4.08. The fraction of sp³-hybridized carbons (Fsp3) is 0.364. The Morgan fingerprint density at radius 2 is 1.83 bits per heavy atom. The molecule has 0 aliphatic carbocycles. The van der Waals surface area contributed by atoms with Crippen LogP contribution >= 0.6 is 0 Å². The van der Waals surface area contributed by atoms with E-state index in [0.29, 0.717) is 31.9 Å². The molecule has 29 heavy (non-hydrogen) atoms. The maximum atomic E-state index is 13.2. The maximum absolute atomic E-state index is 13.2. The van der Waals surface area contributed by atoms with Crippen LogP contribution in [0.2, 0.25) is 0 Å². The number of piperazine rings is 1. The van der Waals surface area contributed by atoms with E-state index in [2.05, 4.69) is 22.3 Å². The van der Waals surface area contributed by atoms with E-state index in [9.17, 15) is 14.0 Å². The molecule has 2 N–H and O–H groups in total. The number of benzene rings is 2. The standard InChI is InChI=1S/C22H25FN4O2/c23-18-5-3-6-19(14-18)24-21(28)15-25-10-12-26(13-11-25)22(29)16-27-9-8-17-4-1-2-7-20(17)27/h1-7,14H,8-13,15-16H2,(H,24,28)/p+1. The minimum Gasteiger partial charge on any atom is -0.362 e. The molecule has 2 aliphatic heterocycles. The Morgan fingerprint density at radius 3 is 2.62 bits per heavy atom. The number of fused-ring (bicyclic) bond motifs is 1. The summed E-state index contributed by atoms with van der Waals surface area (Å²) < 4.78 is 13.2. The van der Waals surface area contributed by atoms with Crippen LogP contribution in [-0.2, 0) is 16.0 Å². The van der Waals surface area contributed by atoms with Gasteiger partial charge in [-0.1, -0.05) is 24.3 Å². The molecule has 1 saturated heterocycles. The maximum Gasteiger partial charge on any atom is 0.279 e. The second kappa shape index (κ2) is 8.61. The number of para-hydroxylation sites is 1. The number of quaternary nitrogens is 1. The number of nitrogens with zero attached hydrogens (tertiary/aromatic N) is 2. The molecule has 0 saturated carbocycles. The van der Waals surface area contributed by atoms with Crippen LogP contribution in [0.3, 0.4) is 0 Å². The number of amides is 2. The van der Waals surface area contributed by atoms with Crippen molar-refractivity contribution in [2.24, 2.45) is 0 Å². The van der Waals surface area contributed by atoms with Crippen molar-refractivity contribution in [2.75, 3.05) is 56.0 Å². The van der Waals surface area contributed by atoms with Gasteiger partial charge in [-0.25, -0.2) is 4.39 Å². The first-order chi connectivity index (χ1) is 14.1. The summed E-state index contributed by atoms with van der Waals surface area (Å²) in [4.78, 5) is 30.1. The van der Waals surface area contributed by atoms with Gasteiger partial charge >= 0.3 is 0 Å². The first kappa shape index (κ1) is 19.4. The Kier molecular flexibility index (Phi) is 5.76. The monoisotopic (exact) mass is 397 g/mol. The molecule has 7 heteroatoms. The number of nitrogens with one attached hydrogen (secondary N) is 2. The van der Waals surface area contributed by atoms with Gasteiger partial charge in [0.1, 0.15) is 5.82 Å². The van der Waals surface area contributed by atoms with Crippen molar-refractivity contribution in [1.82, 2.24) is 4.90 Å². The summed E-state index contributed by atoms with van der Waals surface area (Å²) in [7, 11) is 0. The second-order valence-electron chi connectivity index (χ2n) is 7.67. The Labute approximate surface area is 169 Å². The quantitative estimate of drug-likeness (QED) is 0.775. The van der Waals surface area contributed by atoms with Gasteiger partial charge in [-0.15, -0.1) is 0 Å². The predicted molar refractivity (Wildman–Crippen MR) is 110 cm³/mol. The van der Waals surface area contributed by atoms with E-state index < -0.39 is 0 Å². The van der Waals surface area contributed by atoms with Gasteiger partial charge in [0.15, 0.2) is 6.54 Å². The molecule has 2 aliphatic rings. The molecule has 0 atom stereocenters. The van der Waals surface area contributed by atoms with Crippen molar-refractivity contribution in [3.05, 3.63) is 59.9 Å². The minimum absolute atomic E-state index is 0.140. The van der Waals surface area contributed by atoms with E-state index in [4.69, 9.17) is 0 Å². The average Bonchev–Trinajstić information content (AvgIpc) is 3.11. The molecular formula is C22H26FN4O2+. The molecule has 0 bridgehead atoms. The smallest absolute Gasteiger partial charge is 0.279 e. The molecule has 1 fully saturated rings. The summed E-state index contributed by atoms with van der Waals surface area (Å²) in [6.45, 7) is 4.38. The lowest BCUT2D eigenvalue weighted by Crippen LogP contribution is -3.15. The molecule has 2 amide bonds. The van der Waals surface area contributed by atoms with Gasteiger partial charge < -0.3 is 20.0 Å². The lowest BCUT2D eigenvalue weighted by atomic mass is 10.2. The summed E-state index contributed by atoms with van der Waals surface area (Å²) in [6, 6.07) is 14.1. The highest BCUT2D eigenvalue weighted by Gasteiger charge is 2.28. The molecule has 2 aromatic rings. The van der Waals surface area contributed by atoms with Gasteiger partial charge in [-0.05, 0) is 36.2 Å². The zero-order valence-corrected chi connectivity index (χ0v) is 16.4. The molecule has 0 aromatic heterocycles. The van der Waals surface area contributed by atoms with Crippen molar-refractivity contribution < 1.29 is 18.9 Å². The van der Waals surface area contributed by atoms with Gasteiger partial charge in [-0.2, -0.15) is 0 Å². The summed E-state index contributed by atoms with van der Waals surface area (Å²) in [5.41, 5.74) is 2.94. The van der Waals surface area contributed by atoms with Gasteiger partial charge in [0, 0.05) is 17.9 Å². The van der Waals surface area contributed by atoms with E-state index in [0.717, 1.165) is 31.0 Å². The summed E-state index contributed by atoms with van der Waals surface area (Å²) in [6.07, 6.45) is 0.988. The molecule has 0 unspecified atom stereocenters. The van der Waals surface area contributed by atoms with Gasteiger partial charge in [0.05, 0.1) is 32.7 Å². The molecule has 2 heterocycles. The van der Waals surface area contributed by atoms with Crippen LogP contribution in [0.1, 0.15) is 5.56 Å². The molecular weight excluding hydrogens is 371 g/mol. The lowest BCUT2D eigenvalue weighted by molar-refractivity contribution is -0.895. The largest absolute Gasteiger partial charge is 0.362 e. The number of hydrogen-bond donors (Lipinski definition) is 2. The zero-order chi connectivity index (χ0) is 20.2. The Morgan fingerprint density at radius 1 is 1.03 bits per heavy atom. The predicted octanol–water partition coefficient (Wildman–Crippen LogP) is 0.554. The van der Waals surface area contributed by atoms with Gasteiger partial charge in [0.2, 0.25) is 5.91 Å². The Hall–Kier alpha value is -2.93. The van der Waals surface area contributed by atoms with E-state index in [1.165, 1.54) is 23.4 Å². The van der Waals surface area contributed by atoms with Crippen LogP contribution < -0.4 is 15.1 Å². The summed E-state index contributed by atoms with van der Waals surface area (Å²) >= 11 is 0. The highest BCUT2D eigenvalue weighted by molar-refractivity contribution is 5.91. The molecule has 6 nitrogen and oxygen atoms in total. The number of halogens is 1. The summed E-state index contributed by atoms with van der Waals surface area (Å²) in [5.74, 6) is -0.369. The summed E-state index contributed by atoms with van der Waals surface area (Å²) in [5, 5.41) is 2.73. The van der Waals surface area contributed by atoms with Crippen molar-refractivity contribution >= 4 is 23.2 Å². The normalized spacial score (nSPS) is 16.6. The molecule has 0 spiro atoms. The van der Waals surface area contributed by atoms with E-state index in [-0.39, 0.29) is 17.6 Å². The van der Waals surface area contributed by atoms with E-state index >= 15 is 0 Å². The molecule has 2 aromatic carbocycles. The van der Waals surface area contributed by atoms with Crippen molar-refractivity contribution in [2.45, 2.75) is 6.42 Å². The van der Waals surface area contributed by atoms with Crippen LogP contribution in [0.5, 0.6) is 0 Å². The third-order valence-corrected chi connectivity index (χ3v) is 5.65. The van der Waals surface area contributed by atoms with Crippen molar-refractivity contribution in [3.63, 3.8) is 0 Å². The Balaban J connectivity index is 1.23. The number of carbonyl (C=O) groups is 2. The van der Waals surface area contributed by atoms with Crippen LogP contribution in [0.25, 0.3) is 0 Å². The number of rotatable bonds is 5. The lowest BCUT2D eigenvalue weighted by Gasteiger charge is -2.33. The van der Waals surface area contributed by atoms with Crippen molar-refractivity contribution in [3.8, 4) is 0 Å². The average molecular weight is 397 g/mol. The van der Waals surface area contributed by atoms with Crippen molar-refractivity contribution in [1.29, 1.82) is 0 Å². The van der Waals surface area contributed by atoms with Crippen LogP contribution in [0.15, 0.2) is 48.5 Å². The van der Waals surface area contributed by atoms with Gasteiger partial charge in [-0.3, -0.25) is 9.59 Å². The van der Waals surface area contributed by atoms with Crippen LogP contribution in [0, 0.1) is 5.82 Å². The number of hydrogen-bond acceptors (Lipinski definition) is 3. The number of carbonyl (C=O) groups excluding carboxylic acids is 2. The minimum atomic E-state index is -0.372. The first-order valence-electron chi connectivity index (χ1n) is 10.1. The van der Waals surface area contributed by atoms with Crippen LogP contribution in [-0.4, -0.2) is 62.5 Å². The van der Waals surface area contributed by atoms with Gasteiger partial charge in [0.25, 0.3) is 5.91 Å². The fourth-order valence-electron chi connectivity index (χ4n) is 4.08. The zero-order valence-electron chi connectivity index (χ0n) is 16.4. The van der Waals surface area contributed by atoms with E-state index in [1.807, 2.05) is 17.0 Å². The Bertz CT molecular complexity index is 896. The second-order valence-corrected chi connectivity index (χ2v) is 7.67. The third-order valence-electron chi connectivity index (χ3n) is 5.65. The van der Waals surface area contributed by atoms with Crippen LogP contribution in [0.4, 0.5) is 15.8 Å². The van der Waals surface area contributed by atoms with E-state index in [1.54, 1.807) is 12.1 Å². The molecule has 4 rings (SSSR count). The SMILES string of the molecule is O=C(C[NH+]1CCN(C(=O)CN2CCc3ccccc32)CC1)Nc1cccc(F)c1. The topological polar surface area (TPSA) is 57.1 Å². The highest BCUT2D eigenvalue weighted by Crippen LogP contribution is 2.27. The molecule has 0 radical (unpaired) electrons.